The van der Waals surface area contributed by atoms with Gasteiger partial charge in [0.25, 0.3) is 0 Å². The molecule has 0 aliphatic heterocycles. The van der Waals surface area contributed by atoms with Gasteiger partial charge >= 0.3 is 0 Å². The van der Waals surface area contributed by atoms with Crippen LogP contribution in [0.3, 0.4) is 0 Å². The molecule has 0 saturated heterocycles. The third-order valence-corrected chi connectivity index (χ3v) is 3.65. The van der Waals surface area contributed by atoms with Gasteiger partial charge in [-0.1, -0.05) is 48.5 Å². The molecular weight excluding hydrogens is 267 g/mol. The second-order valence-corrected chi connectivity index (χ2v) is 4.51. The van der Waals surface area contributed by atoms with Crippen LogP contribution in [0.4, 0.5) is 4.39 Å². The van der Waals surface area contributed by atoms with Crippen molar-refractivity contribution in [2.24, 2.45) is 0 Å². The Bertz CT molecular complexity index is 572. The third-order valence-electron chi connectivity index (χ3n) is 2.80. The quantitative estimate of drug-likeness (QED) is 0.512. The summed E-state index contributed by atoms with van der Waals surface area (Å²) < 4.78 is 15.2. The van der Waals surface area contributed by atoms with E-state index in [0.29, 0.717) is 10.8 Å². The molecule has 2 heteroatoms. The summed E-state index contributed by atoms with van der Waals surface area (Å²) in [5.41, 5.74) is 0. The Morgan fingerprint density at radius 3 is 1.50 bits per heavy atom. The molecule has 0 atom stereocenters. The van der Waals surface area contributed by atoms with Crippen molar-refractivity contribution in [2.75, 3.05) is 0 Å². The van der Waals surface area contributed by atoms with Crippen LogP contribution in [0.5, 0.6) is 0 Å². The fraction of sp³-hybridized carbons (Fsp3) is 0. The van der Waals surface area contributed by atoms with Gasteiger partial charge in [-0.25, -0.2) is 4.39 Å². The SMILES string of the molecule is Fc1c2ccccc2c(Br)c2ccccc12. The topological polar surface area (TPSA) is 0 Å². The van der Waals surface area contributed by atoms with Crippen molar-refractivity contribution in [3.05, 3.63) is 58.8 Å². The van der Waals surface area contributed by atoms with E-state index in [-0.39, 0.29) is 5.82 Å². The lowest BCUT2D eigenvalue weighted by Gasteiger charge is -2.07. The molecule has 78 valence electrons. The number of hydrogen-bond acceptors (Lipinski definition) is 0. The number of benzene rings is 3. The standard InChI is InChI=1S/C14H8BrF/c15-13-9-5-1-3-7-11(9)14(16)12-8-4-2-6-10(12)13/h1-8H. The lowest BCUT2D eigenvalue weighted by Crippen LogP contribution is -1.85. The van der Waals surface area contributed by atoms with Crippen molar-refractivity contribution in [3.8, 4) is 0 Å². The molecule has 16 heavy (non-hydrogen) atoms. The van der Waals surface area contributed by atoms with Crippen LogP contribution >= 0.6 is 15.9 Å². The number of rotatable bonds is 0. The highest BCUT2D eigenvalue weighted by Crippen LogP contribution is 2.34. The van der Waals surface area contributed by atoms with E-state index >= 15 is 0 Å². The summed E-state index contributed by atoms with van der Waals surface area (Å²) in [5.74, 6) is -0.144. The molecule has 0 aliphatic carbocycles. The van der Waals surface area contributed by atoms with Crippen LogP contribution in [0, 0.1) is 5.82 Å². The van der Waals surface area contributed by atoms with Gasteiger partial charge in [-0.2, -0.15) is 0 Å². The van der Waals surface area contributed by atoms with Crippen molar-refractivity contribution >= 4 is 37.5 Å². The number of halogens is 2. The molecule has 0 unspecified atom stereocenters. The molecule has 0 aliphatic rings. The van der Waals surface area contributed by atoms with E-state index in [1.165, 1.54) is 0 Å². The second kappa shape index (κ2) is 3.56. The van der Waals surface area contributed by atoms with Gasteiger partial charge in [0.15, 0.2) is 0 Å². The van der Waals surface area contributed by atoms with Crippen LogP contribution in [0.15, 0.2) is 53.0 Å². The predicted octanol–water partition coefficient (Wildman–Crippen LogP) is 4.89. The Kier molecular flexibility index (Phi) is 2.18. The van der Waals surface area contributed by atoms with Crippen molar-refractivity contribution in [2.45, 2.75) is 0 Å². The Morgan fingerprint density at radius 2 is 1.06 bits per heavy atom. The maximum atomic E-state index is 14.2. The summed E-state index contributed by atoms with van der Waals surface area (Å²) in [6.45, 7) is 0. The molecular formula is C14H8BrF. The first-order valence-electron chi connectivity index (χ1n) is 5.03. The highest BCUT2D eigenvalue weighted by atomic mass is 79.9. The second-order valence-electron chi connectivity index (χ2n) is 3.72. The molecule has 0 saturated carbocycles. The minimum Gasteiger partial charge on any atom is -0.206 e. The monoisotopic (exact) mass is 274 g/mol. The van der Waals surface area contributed by atoms with Crippen molar-refractivity contribution in [3.63, 3.8) is 0 Å². The van der Waals surface area contributed by atoms with E-state index < -0.39 is 0 Å². The number of hydrogen-bond donors (Lipinski definition) is 0. The van der Waals surface area contributed by atoms with E-state index in [0.717, 1.165) is 15.2 Å². The van der Waals surface area contributed by atoms with Crippen LogP contribution in [-0.2, 0) is 0 Å². The average Bonchev–Trinajstić information content (AvgIpc) is 2.36. The average molecular weight is 275 g/mol. The van der Waals surface area contributed by atoms with E-state index in [2.05, 4.69) is 15.9 Å². The molecule has 3 rings (SSSR count). The molecule has 0 heterocycles. The first kappa shape index (κ1) is 9.79. The Morgan fingerprint density at radius 1 is 0.688 bits per heavy atom. The van der Waals surface area contributed by atoms with E-state index in [9.17, 15) is 4.39 Å². The zero-order valence-electron chi connectivity index (χ0n) is 8.37. The highest BCUT2D eigenvalue weighted by molar-refractivity contribution is 9.10. The zero-order valence-corrected chi connectivity index (χ0v) is 9.96. The van der Waals surface area contributed by atoms with Crippen molar-refractivity contribution in [1.29, 1.82) is 0 Å². The Balaban J connectivity index is 2.67. The minimum atomic E-state index is -0.144. The molecule has 3 aromatic rings. The van der Waals surface area contributed by atoms with Crippen LogP contribution in [0.1, 0.15) is 0 Å². The van der Waals surface area contributed by atoms with Crippen LogP contribution in [-0.4, -0.2) is 0 Å². The summed E-state index contributed by atoms with van der Waals surface area (Å²) in [5, 5.41) is 3.15. The van der Waals surface area contributed by atoms with Gasteiger partial charge in [0.1, 0.15) is 5.82 Å². The molecule has 0 nitrogen and oxygen atoms in total. The maximum absolute atomic E-state index is 14.2. The molecule has 3 aromatic carbocycles. The first-order valence-corrected chi connectivity index (χ1v) is 5.83. The fourth-order valence-electron chi connectivity index (χ4n) is 2.02. The van der Waals surface area contributed by atoms with Crippen LogP contribution in [0.25, 0.3) is 21.5 Å². The molecule has 0 amide bonds. The molecule has 0 N–H and O–H groups in total. The normalized spacial score (nSPS) is 11.1. The Labute approximate surface area is 101 Å². The van der Waals surface area contributed by atoms with Gasteiger partial charge in [0.2, 0.25) is 0 Å². The van der Waals surface area contributed by atoms with E-state index in [1.807, 2.05) is 48.5 Å². The summed E-state index contributed by atoms with van der Waals surface area (Å²) >= 11 is 3.55. The van der Waals surface area contributed by atoms with E-state index in [4.69, 9.17) is 0 Å². The molecule has 0 fully saturated rings. The smallest absolute Gasteiger partial charge is 0.138 e. The molecule has 0 aromatic heterocycles. The summed E-state index contributed by atoms with van der Waals surface area (Å²) in [6, 6.07) is 15.0. The fourth-order valence-corrected chi connectivity index (χ4v) is 2.71. The molecule has 0 radical (unpaired) electrons. The highest BCUT2D eigenvalue weighted by Gasteiger charge is 2.10. The van der Waals surface area contributed by atoms with Crippen molar-refractivity contribution < 1.29 is 4.39 Å². The Hall–Kier alpha value is -1.41. The lowest BCUT2D eigenvalue weighted by molar-refractivity contribution is 0.651. The minimum absolute atomic E-state index is 0.144. The van der Waals surface area contributed by atoms with Gasteiger partial charge in [-0.3, -0.25) is 0 Å². The lowest BCUT2D eigenvalue weighted by atomic mass is 10.0. The van der Waals surface area contributed by atoms with Gasteiger partial charge < -0.3 is 0 Å². The summed E-state index contributed by atoms with van der Waals surface area (Å²) in [7, 11) is 0. The largest absolute Gasteiger partial charge is 0.206 e. The summed E-state index contributed by atoms with van der Waals surface area (Å²) in [4.78, 5) is 0. The van der Waals surface area contributed by atoms with Gasteiger partial charge in [0.05, 0.1) is 0 Å². The number of fused-ring (bicyclic) bond motifs is 2. The predicted molar refractivity (Wildman–Crippen MR) is 69.1 cm³/mol. The van der Waals surface area contributed by atoms with Gasteiger partial charge in [-0.05, 0) is 26.7 Å². The molecule has 0 spiro atoms. The first-order chi connectivity index (χ1) is 7.79. The maximum Gasteiger partial charge on any atom is 0.138 e. The van der Waals surface area contributed by atoms with Crippen LogP contribution < -0.4 is 0 Å². The van der Waals surface area contributed by atoms with Gasteiger partial charge in [-0.15, -0.1) is 0 Å². The zero-order chi connectivity index (χ0) is 11.1. The van der Waals surface area contributed by atoms with Crippen molar-refractivity contribution in [1.82, 2.24) is 0 Å². The third kappa shape index (κ3) is 1.26. The van der Waals surface area contributed by atoms with E-state index in [1.54, 1.807) is 0 Å². The van der Waals surface area contributed by atoms with Gasteiger partial charge in [0, 0.05) is 15.2 Å². The molecule has 0 bridgehead atoms. The summed E-state index contributed by atoms with van der Waals surface area (Å²) in [6.07, 6.45) is 0. The van der Waals surface area contributed by atoms with Crippen LogP contribution in [0.2, 0.25) is 0 Å².